The molecule has 1 aromatic carbocycles. The number of carboxylic acids is 1. The summed E-state index contributed by atoms with van der Waals surface area (Å²) in [4.78, 5) is 34.9. The zero-order valence-electron chi connectivity index (χ0n) is 10.7. The monoisotopic (exact) mass is 278 g/mol. The Labute approximate surface area is 115 Å². The van der Waals surface area contributed by atoms with Crippen LogP contribution in [-0.4, -0.2) is 39.9 Å². The fraction of sp³-hybridized carbons (Fsp3) is 0.385. The first kappa shape index (κ1) is 14.0. The van der Waals surface area contributed by atoms with Gasteiger partial charge in [-0.15, -0.1) is 0 Å². The fourth-order valence-corrected chi connectivity index (χ4v) is 2.31. The van der Waals surface area contributed by atoms with Crippen LogP contribution >= 0.6 is 0 Å². The summed E-state index contributed by atoms with van der Waals surface area (Å²) in [6.07, 6.45) is 0.753. The third-order valence-corrected chi connectivity index (χ3v) is 3.46. The molecule has 0 radical (unpaired) electrons. The van der Waals surface area contributed by atoms with E-state index in [4.69, 9.17) is 5.11 Å². The highest BCUT2D eigenvalue weighted by atomic mass is 16.6. The molecule has 1 amide bonds. The third-order valence-electron chi connectivity index (χ3n) is 3.46. The van der Waals surface area contributed by atoms with E-state index in [9.17, 15) is 19.7 Å². The standard InChI is InChI=1S/C13H14N2O5/c16-12(10-3-1-2-4-11(10)15(19)20)14-7-5-9(6-8-14)13(17)18/h1-4,9H,5-8H2,(H,17,18). The van der Waals surface area contributed by atoms with Gasteiger partial charge in [0.15, 0.2) is 0 Å². The zero-order chi connectivity index (χ0) is 14.7. The lowest BCUT2D eigenvalue weighted by atomic mass is 9.96. The number of aliphatic carboxylic acids is 1. The van der Waals surface area contributed by atoms with Crippen LogP contribution in [0, 0.1) is 16.0 Å². The van der Waals surface area contributed by atoms with Crippen LogP contribution in [0.4, 0.5) is 5.69 Å². The van der Waals surface area contributed by atoms with Crippen molar-refractivity contribution in [3.05, 3.63) is 39.9 Å². The van der Waals surface area contributed by atoms with Crippen molar-refractivity contribution in [1.82, 2.24) is 4.90 Å². The number of nitro groups is 1. The number of nitro benzene ring substituents is 1. The minimum Gasteiger partial charge on any atom is -0.481 e. The average molecular weight is 278 g/mol. The van der Waals surface area contributed by atoms with Crippen molar-refractivity contribution in [2.45, 2.75) is 12.8 Å². The van der Waals surface area contributed by atoms with Gasteiger partial charge in [0.05, 0.1) is 10.8 Å². The minimum atomic E-state index is -0.859. The van der Waals surface area contributed by atoms with E-state index in [0.717, 1.165) is 0 Å². The number of amides is 1. The number of carboxylic acid groups (broad SMARTS) is 1. The summed E-state index contributed by atoms with van der Waals surface area (Å²) in [5.41, 5.74) is -0.177. The number of hydrogen-bond acceptors (Lipinski definition) is 4. The lowest BCUT2D eigenvalue weighted by Crippen LogP contribution is -2.40. The van der Waals surface area contributed by atoms with Crippen molar-refractivity contribution < 1.29 is 19.6 Å². The van der Waals surface area contributed by atoms with Crippen LogP contribution in [0.3, 0.4) is 0 Å². The number of carbonyl (C=O) groups is 2. The Kier molecular flexibility index (Phi) is 3.97. The Hall–Kier alpha value is -2.44. The van der Waals surface area contributed by atoms with E-state index < -0.39 is 22.7 Å². The molecule has 1 saturated heterocycles. The highest BCUT2D eigenvalue weighted by molar-refractivity contribution is 5.98. The number of benzene rings is 1. The molecule has 1 heterocycles. The second kappa shape index (κ2) is 5.68. The van der Waals surface area contributed by atoms with Crippen molar-refractivity contribution in [1.29, 1.82) is 0 Å². The van der Waals surface area contributed by atoms with Crippen LogP contribution in [0.25, 0.3) is 0 Å². The van der Waals surface area contributed by atoms with E-state index >= 15 is 0 Å². The highest BCUT2D eigenvalue weighted by Gasteiger charge is 2.30. The van der Waals surface area contributed by atoms with Crippen LogP contribution in [-0.2, 0) is 4.79 Å². The van der Waals surface area contributed by atoms with Gasteiger partial charge in [-0.05, 0) is 18.9 Å². The van der Waals surface area contributed by atoms with Gasteiger partial charge in [-0.25, -0.2) is 0 Å². The van der Waals surface area contributed by atoms with Crippen LogP contribution in [0.15, 0.2) is 24.3 Å². The van der Waals surface area contributed by atoms with E-state index in [1.54, 1.807) is 6.07 Å². The number of para-hydroxylation sites is 1. The van der Waals surface area contributed by atoms with Gasteiger partial charge >= 0.3 is 5.97 Å². The van der Waals surface area contributed by atoms with Gasteiger partial charge in [0, 0.05) is 19.2 Å². The summed E-state index contributed by atoms with van der Waals surface area (Å²) in [5.74, 6) is -1.71. The van der Waals surface area contributed by atoms with Gasteiger partial charge in [0.2, 0.25) is 0 Å². The molecule has 0 aromatic heterocycles. The molecule has 1 fully saturated rings. The molecule has 106 valence electrons. The molecule has 20 heavy (non-hydrogen) atoms. The number of likely N-dealkylation sites (tertiary alicyclic amines) is 1. The highest BCUT2D eigenvalue weighted by Crippen LogP contribution is 2.23. The van der Waals surface area contributed by atoms with Gasteiger partial charge in [-0.1, -0.05) is 12.1 Å². The molecule has 1 aromatic rings. The Morgan fingerprint density at radius 1 is 1.25 bits per heavy atom. The van der Waals surface area contributed by atoms with Crippen LogP contribution in [0.5, 0.6) is 0 Å². The third kappa shape index (κ3) is 2.76. The van der Waals surface area contributed by atoms with Gasteiger partial charge in [0.1, 0.15) is 5.56 Å². The Bertz CT molecular complexity index is 549. The van der Waals surface area contributed by atoms with E-state index in [-0.39, 0.29) is 11.3 Å². The second-order valence-corrected chi connectivity index (χ2v) is 4.68. The van der Waals surface area contributed by atoms with Gasteiger partial charge in [0.25, 0.3) is 11.6 Å². The van der Waals surface area contributed by atoms with Crippen molar-refractivity contribution in [3.8, 4) is 0 Å². The maximum atomic E-state index is 12.3. The quantitative estimate of drug-likeness (QED) is 0.667. The molecule has 1 N–H and O–H groups in total. The molecular weight excluding hydrogens is 264 g/mol. The molecule has 1 aliphatic rings. The van der Waals surface area contributed by atoms with E-state index in [1.807, 2.05) is 0 Å². The maximum Gasteiger partial charge on any atom is 0.306 e. The van der Waals surface area contributed by atoms with Gasteiger partial charge in [-0.2, -0.15) is 0 Å². The summed E-state index contributed by atoms with van der Waals surface area (Å²) < 4.78 is 0. The van der Waals surface area contributed by atoms with Crippen LogP contribution in [0.1, 0.15) is 23.2 Å². The molecule has 1 aliphatic heterocycles. The summed E-state index contributed by atoms with van der Waals surface area (Å²) in [7, 11) is 0. The predicted octanol–water partition coefficient (Wildman–Crippen LogP) is 1.53. The number of hydrogen-bond donors (Lipinski definition) is 1. The number of piperidine rings is 1. The van der Waals surface area contributed by atoms with Gasteiger partial charge < -0.3 is 10.0 Å². The SMILES string of the molecule is O=C(O)C1CCN(C(=O)c2ccccc2[N+](=O)[O-])CC1. The summed E-state index contributed by atoms with van der Waals surface area (Å²) in [6, 6.07) is 5.79. The van der Waals surface area contributed by atoms with E-state index in [2.05, 4.69) is 0 Å². The largest absolute Gasteiger partial charge is 0.481 e. The second-order valence-electron chi connectivity index (χ2n) is 4.68. The number of carbonyl (C=O) groups excluding carboxylic acids is 1. The maximum absolute atomic E-state index is 12.3. The molecule has 0 spiro atoms. The smallest absolute Gasteiger partial charge is 0.306 e. The topological polar surface area (TPSA) is 101 Å². The molecule has 2 rings (SSSR count). The molecule has 0 aliphatic carbocycles. The Morgan fingerprint density at radius 3 is 2.40 bits per heavy atom. The van der Waals surface area contributed by atoms with Crippen LogP contribution in [0.2, 0.25) is 0 Å². The minimum absolute atomic E-state index is 0.0475. The van der Waals surface area contributed by atoms with Crippen molar-refractivity contribution in [2.75, 3.05) is 13.1 Å². The zero-order valence-corrected chi connectivity index (χ0v) is 10.7. The number of nitrogens with zero attached hydrogens (tertiary/aromatic N) is 2. The lowest BCUT2D eigenvalue weighted by Gasteiger charge is -2.30. The van der Waals surface area contributed by atoms with E-state index in [0.29, 0.717) is 25.9 Å². The first-order chi connectivity index (χ1) is 9.50. The molecule has 0 bridgehead atoms. The van der Waals surface area contributed by atoms with Crippen LogP contribution < -0.4 is 0 Å². The molecule has 7 heteroatoms. The average Bonchev–Trinajstić information content (AvgIpc) is 2.46. The number of rotatable bonds is 3. The summed E-state index contributed by atoms with van der Waals surface area (Å²) in [5, 5.41) is 19.8. The molecule has 0 unspecified atom stereocenters. The van der Waals surface area contributed by atoms with Crippen molar-refractivity contribution in [2.24, 2.45) is 5.92 Å². The Balaban J connectivity index is 2.13. The fourth-order valence-electron chi connectivity index (χ4n) is 2.31. The molecule has 0 atom stereocenters. The summed E-state index contributed by atoms with van der Waals surface area (Å²) >= 11 is 0. The predicted molar refractivity (Wildman–Crippen MR) is 69.4 cm³/mol. The first-order valence-electron chi connectivity index (χ1n) is 6.26. The van der Waals surface area contributed by atoms with Gasteiger partial charge in [-0.3, -0.25) is 19.7 Å². The lowest BCUT2D eigenvalue weighted by molar-refractivity contribution is -0.385. The summed E-state index contributed by atoms with van der Waals surface area (Å²) in [6.45, 7) is 0.615. The Morgan fingerprint density at radius 2 is 1.85 bits per heavy atom. The van der Waals surface area contributed by atoms with Crippen molar-refractivity contribution in [3.63, 3.8) is 0 Å². The van der Waals surface area contributed by atoms with E-state index in [1.165, 1.54) is 23.1 Å². The first-order valence-corrected chi connectivity index (χ1v) is 6.26. The molecular formula is C13H14N2O5. The normalized spacial score (nSPS) is 15.9. The van der Waals surface area contributed by atoms with Crippen molar-refractivity contribution >= 4 is 17.6 Å². The molecule has 7 nitrogen and oxygen atoms in total. The molecule has 0 saturated carbocycles.